The standard InChI is InChI=1S/C15H16N2/c1-2-7-15-13(5-1)9-12(11-17-15)10-14-6-3-4-8-16-14/h1-2,5,7,9-11,16H,3-4,6,8H2. The highest BCUT2D eigenvalue weighted by atomic mass is 14.9. The molecule has 1 saturated heterocycles. The summed E-state index contributed by atoms with van der Waals surface area (Å²) in [7, 11) is 0. The van der Waals surface area contributed by atoms with Crippen LogP contribution < -0.4 is 5.32 Å². The van der Waals surface area contributed by atoms with Gasteiger partial charge >= 0.3 is 0 Å². The van der Waals surface area contributed by atoms with Gasteiger partial charge < -0.3 is 5.32 Å². The number of nitrogens with zero attached hydrogens (tertiary/aromatic N) is 1. The SMILES string of the molecule is C(=C1CCCCN1)c1cnc2ccccc2c1. The molecule has 0 aliphatic carbocycles. The van der Waals surface area contributed by atoms with Crippen LogP contribution in [0.2, 0.25) is 0 Å². The molecule has 2 heteroatoms. The Bertz CT molecular complexity index is 550. The zero-order valence-corrected chi connectivity index (χ0v) is 9.82. The first-order chi connectivity index (χ1) is 8.42. The summed E-state index contributed by atoms with van der Waals surface area (Å²) in [4.78, 5) is 4.47. The second kappa shape index (κ2) is 4.58. The number of fused-ring (bicyclic) bond motifs is 1. The van der Waals surface area contributed by atoms with E-state index in [2.05, 4.69) is 34.6 Å². The van der Waals surface area contributed by atoms with E-state index in [0.717, 1.165) is 18.5 Å². The van der Waals surface area contributed by atoms with Gasteiger partial charge in [0.25, 0.3) is 0 Å². The first-order valence-electron chi connectivity index (χ1n) is 6.21. The number of rotatable bonds is 1. The summed E-state index contributed by atoms with van der Waals surface area (Å²) in [5.41, 5.74) is 3.59. The van der Waals surface area contributed by atoms with E-state index in [1.165, 1.54) is 29.5 Å². The lowest BCUT2D eigenvalue weighted by molar-refractivity contribution is 0.592. The van der Waals surface area contributed by atoms with Gasteiger partial charge in [-0.2, -0.15) is 0 Å². The summed E-state index contributed by atoms with van der Waals surface area (Å²) in [6, 6.07) is 10.4. The van der Waals surface area contributed by atoms with E-state index >= 15 is 0 Å². The van der Waals surface area contributed by atoms with Crippen molar-refractivity contribution in [3.63, 3.8) is 0 Å². The van der Waals surface area contributed by atoms with Crippen LogP contribution in [0, 0.1) is 0 Å². The number of benzene rings is 1. The maximum atomic E-state index is 4.47. The number of nitrogens with one attached hydrogen (secondary N) is 1. The van der Waals surface area contributed by atoms with E-state index in [1.807, 2.05) is 18.3 Å². The lowest BCUT2D eigenvalue weighted by Crippen LogP contribution is -2.19. The Hall–Kier alpha value is -1.83. The Morgan fingerprint density at radius 1 is 1.18 bits per heavy atom. The molecule has 1 fully saturated rings. The Balaban J connectivity index is 1.95. The first kappa shape index (κ1) is 10.3. The number of pyridine rings is 1. The van der Waals surface area contributed by atoms with Gasteiger partial charge in [0.05, 0.1) is 5.52 Å². The molecule has 0 bridgehead atoms. The molecule has 0 saturated carbocycles. The maximum absolute atomic E-state index is 4.47. The molecule has 0 spiro atoms. The van der Waals surface area contributed by atoms with Crippen LogP contribution >= 0.6 is 0 Å². The number of allylic oxidation sites excluding steroid dienone is 1. The summed E-state index contributed by atoms with van der Waals surface area (Å²) in [6.45, 7) is 1.10. The van der Waals surface area contributed by atoms with Crippen molar-refractivity contribution in [3.05, 3.63) is 47.8 Å². The zero-order chi connectivity index (χ0) is 11.5. The molecule has 1 aliphatic rings. The van der Waals surface area contributed by atoms with Gasteiger partial charge in [0.2, 0.25) is 0 Å². The fourth-order valence-corrected chi connectivity index (χ4v) is 2.27. The van der Waals surface area contributed by atoms with Crippen LogP contribution in [0.3, 0.4) is 0 Å². The molecule has 3 rings (SSSR count). The third-order valence-electron chi connectivity index (χ3n) is 3.18. The molecule has 1 N–H and O–H groups in total. The monoisotopic (exact) mass is 224 g/mol. The molecule has 86 valence electrons. The van der Waals surface area contributed by atoms with Crippen molar-refractivity contribution in [2.75, 3.05) is 6.54 Å². The molecule has 0 radical (unpaired) electrons. The van der Waals surface area contributed by atoms with Crippen LogP contribution in [0.4, 0.5) is 0 Å². The number of aromatic nitrogens is 1. The average Bonchev–Trinajstić information content (AvgIpc) is 2.40. The van der Waals surface area contributed by atoms with Gasteiger partial charge in [0.15, 0.2) is 0 Å². The normalized spacial score (nSPS) is 18.2. The van der Waals surface area contributed by atoms with Crippen molar-refractivity contribution in [3.8, 4) is 0 Å². The Morgan fingerprint density at radius 2 is 2.12 bits per heavy atom. The molecule has 0 atom stereocenters. The van der Waals surface area contributed by atoms with Crippen molar-refractivity contribution >= 4 is 17.0 Å². The highest BCUT2D eigenvalue weighted by molar-refractivity contribution is 5.80. The van der Waals surface area contributed by atoms with E-state index in [9.17, 15) is 0 Å². The summed E-state index contributed by atoms with van der Waals surface area (Å²) >= 11 is 0. The van der Waals surface area contributed by atoms with E-state index in [4.69, 9.17) is 0 Å². The van der Waals surface area contributed by atoms with Crippen molar-refractivity contribution in [2.24, 2.45) is 0 Å². The van der Waals surface area contributed by atoms with Crippen LogP contribution in [0.25, 0.3) is 17.0 Å². The molecule has 2 heterocycles. The minimum atomic E-state index is 1.06. The third kappa shape index (κ3) is 2.31. The van der Waals surface area contributed by atoms with Gasteiger partial charge in [-0.05, 0) is 43.0 Å². The van der Waals surface area contributed by atoms with Gasteiger partial charge in [0.1, 0.15) is 0 Å². The zero-order valence-electron chi connectivity index (χ0n) is 9.82. The number of hydrogen-bond donors (Lipinski definition) is 1. The van der Waals surface area contributed by atoms with Gasteiger partial charge in [-0.15, -0.1) is 0 Å². The Labute approximate surface area is 101 Å². The molecule has 17 heavy (non-hydrogen) atoms. The van der Waals surface area contributed by atoms with Crippen LogP contribution in [0.5, 0.6) is 0 Å². The predicted molar refractivity (Wildman–Crippen MR) is 71.6 cm³/mol. The first-order valence-corrected chi connectivity index (χ1v) is 6.21. The van der Waals surface area contributed by atoms with Gasteiger partial charge in [0, 0.05) is 23.8 Å². The van der Waals surface area contributed by atoms with E-state index in [0.29, 0.717) is 0 Å². The lowest BCUT2D eigenvalue weighted by Gasteiger charge is -2.16. The minimum Gasteiger partial charge on any atom is -0.388 e. The molecular formula is C15H16N2. The second-order valence-corrected chi connectivity index (χ2v) is 4.51. The van der Waals surface area contributed by atoms with Gasteiger partial charge in [-0.1, -0.05) is 18.2 Å². The number of hydrogen-bond acceptors (Lipinski definition) is 2. The fourth-order valence-electron chi connectivity index (χ4n) is 2.27. The maximum Gasteiger partial charge on any atom is 0.0702 e. The summed E-state index contributed by atoms with van der Waals surface area (Å²) < 4.78 is 0. The summed E-state index contributed by atoms with van der Waals surface area (Å²) in [5.74, 6) is 0. The molecular weight excluding hydrogens is 208 g/mol. The minimum absolute atomic E-state index is 1.06. The smallest absolute Gasteiger partial charge is 0.0702 e. The van der Waals surface area contributed by atoms with E-state index < -0.39 is 0 Å². The van der Waals surface area contributed by atoms with E-state index in [1.54, 1.807) is 0 Å². The second-order valence-electron chi connectivity index (χ2n) is 4.51. The average molecular weight is 224 g/mol. The quantitative estimate of drug-likeness (QED) is 0.803. The van der Waals surface area contributed by atoms with Crippen LogP contribution in [0.15, 0.2) is 42.2 Å². The molecule has 1 aliphatic heterocycles. The van der Waals surface area contributed by atoms with Gasteiger partial charge in [-0.3, -0.25) is 4.98 Å². The van der Waals surface area contributed by atoms with Crippen LogP contribution in [-0.2, 0) is 0 Å². The van der Waals surface area contributed by atoms with E-state index in [-0.39, 0.29) is 0 Å². The van der Waals surface area contributed by atoms with Crippen molar-refractivity contribution in [2.45, 2.75) is 19.3 Å². The summed E-state index contributed by atoms with van der Waals surface area (Å²) in [6.07, 6.45) is 7.91. The molecule has 0 unspecified atom stereocenters. The Kier molecular flexibility index (Phi) is 2.78. The van der Waals surface area contributed by atoms with Gasteiger partial charge in [-0.25, -0.2) is 0 Å². The van der Waals surface area contributed by atoms with Crippen molar-refractivity contribution in [1.29, 1.82) is 0 Å². The Morgan fingerprint density at radius 3 is 3.00 bits per heavy atom. The topological polar surface area (TPSA) is 24.9 Å². The number of piperidine rings is 1. The lowest BCUT2D eigenvalue weighted by atomic mass is 10.1. The fraction of sp³-hybridized carbons (Fsp3) is 0.267. The highest BCUT2D eigenvalue weighted by Gasteiger charge is 2.04. The molecule has 1 aromatic heterocycles. The van der Waals surface area contributed by atoms with Crippen molar-refractivity contribution in [1.82, 2.24) is 10.3 Å². The predicted octanol–water partition coefficient (Wildman–Crippen LogP) is 3.35. The molecule has 2 aromatic rings. The third-order valence-corrected chi connectivity index (χ3v) is 3.18. The molecule has 2 nitrogen and oxygen atoms in total. The number of para-hydroxylation sites is 1. The largest absolute Gasteiger partial charge is 0.388 e. The molecule has 0 amide bonds. The molecule has 1 aromatic carbocycles. The van der Waals surface area contributed by atoms with Crippen LogP contribution in [-0.4, -0.2) is 11.5 Å². The summed E-state index contributed by atoms with van der Waals surface area (Å²) in [5, 5.41) is 4.66. The van der Waals surface area contributed by atoms with Crippen molar-refractivity contribution < 1.29 is 0 Å². The highest BCUT2D eigenvalue weighted by Crippen LogP contribution is 2.17. The van der Waals surface area contributed by atoms with Crippen LogP contribution in [0.1, 0.15) is 24.8 Å².